The molecule has 1 N–H and O–H groups in total. The number of aromatic nitrogens is 4. The first-order valence-corrected chi connectivity index (χ1v) is 9.01. The molecule has 130 valence electrons. The van der Waals surface area contributed by atoms with E-state index in [1.807, 2.05) is 20.1 Å². The Kier molecular flexibility index (Phi) is 4.91. The predicted molar refractivity (Wildman–Crippen MR) is 95.8 cm³/mol. The average molecular weight is 380 g/mol. The van der Waals surface area contributed by atoms with Crippen molar-refractivity contribution in [2.75, 3.05) is 11.6 Å². The number of nitrogens with one attached hydrogen (secondary N) is 1. The molecule has 9 heteroatoms. The first-order chi connectivity index (χ1) is 11.9. The first kappa shape index (κ1) is 17.6. The molecule has 0 bridgehead atoms. The number of fused-ring (bicyclic) bond motifs is 1. The Labute approximate surface area is 152 Å². The lowest BCUT2D eigenvalue weighted by Gasteiger charge is -2.11. The number of benzene rings is 1. The van der Waals surface area contributed by atoms with E-state index >= 15 is 0 Å². The van der Waals surface area contributed by atoms with Crippen LogP contribution in [0.25, 0.3) is 5.78 Å². The molecule has 0 aliphatic heterocycles. The molecule has 0 saturated carbocycles. The van der Waals surface area contributed by atoms with E-state index in [-0.39, 0.29) is 17.4 Å². The van der Waals surface area contributed by atoms with Gasteiger partial charge in [0.25, 0.3) is 5.78 Å². The maximum Gasteiger partial charge on any atom is 0.253 e. The van der Waals surface area contributed by atoms with Gasteiger partial charge in [0.15, 0.2) is 0 Å². The predicted octanol–water partition coefficient (Wildman–Crippen LogP) is 3.44. The van der Waals surface area contributed by atoms with Crippen molar-refractivity contribution in [3.05, 3.63) is 46.0 Å². The van der Waals surface area contributed by atoms with Crippen molar-refractivity contribution < 1.29 is 9.18 Å². The quantitative estimate of drug-likeness (QED) is 0.703. The maximum absolute atomic E-state index is 13.2. The van der Waals surface area contributed by atoms with Crippen LogP contribution < -0.4 is 5.32 Å². The molecule has 0 unspecified atom stereocenters. The number of hydrogen-bond acceptors (Lipinski definition) is 5. The summed E-state index contributed by atoms with van der Waals surface area (Å²) in [6.07, 6.45) is 2.00. The van der Waals surface area contributed by atoms with Gasteiger partial charge in [-0.25, -0.2) is 13.9 Å². The van der Waals surface area contributed by atoms with Crippen LogP contribution in [-0.2, 0) is 11.2 Å². The number of aryl methyl sites for hydroxylation is 2. The van der Waals surface area contributed by atoms with Crippen LogP contribution in [0.4, 0.5) is 10.1 Å². The van der Waals surface area contributed by atoms with Gasteiger partial charge in [0, 0.05) is 22.6 Å². The minimum absolute atomic E-state index is 0.0412. The highest BCUT2D eigenvalue weighted by atomic mass is 35.5. The van der Waals surface area contributed by atoms with Crippen LogP contribution in [0.15, 0.2) is 23.4 Å². The van der Waals surface area contributed by atoms with Crippen LogP contribution in [0.3, 0.4) is 0 Å². The lowest BCUT2D eigenvalue weighted by atomic mass is 10.1. The third kappa shape index (κ3) is 3.59. The van der Waals surface area contributed by atoms with Crippen molar-refractivity contribution in [1.29, 1.82) is 0 Å². The van der Waals surface area contributed by atoms with Crippen LogP contribution in [0.5, 0.6) is 0 Å². The second-order valence-corrected chi connectivity index (χ2v) is 6.61. The highest BCUT2D eigenvalue weighted by Crippen LogP contribution is 2.21. The van der Waals surface area contributed by atoms with E-state index in [0.717, 1.165) is 17.0 Å². The summed E-state index contributed by atoms with van der Waals surface area (Å²) in [6, 6.07) is 4.04. The Balaban J connectivity index is 1.86. The number of anilines is 1. The van der Waals surface area contributed by atoms with E-state index < -0.39 is 5.82 Å². The largest absolute Gasteiger partial charge is 0.326 e. The molecular formula is C16H15ClFN5OS. The molecule has 2 aromatic heterocycles. The minimum Gasteiger partial charge on any atom is -0.326 e. The third-order valence-electron chi connectivity index (χ3n) is 3.75. The molecule has 1 amide bonds. The van der Waals surface area contributed by atoms with Gasteiger partial charge in [-0.05, 0) is 38.3 Å². The van der Waals surface area contributed by atoms with Gasteiger partial charge in [-0.2, -0.15) is 4.98 Å². The Morgan fingerprint density at radius 3 is 2.80 bits per heavy atom. The fourth-order valence-corrected chi connectivity index (χ4v) is 2.99. The van der Waals surface area contributed by atoms with Crippen molar-refractivity contribution >= 4 is 40.7 Å². The highest BCUT2D eigenvalue weighted by molar-refractivity contribution is 7.98. The summed E-state index contributed by atoms with van der Waals surface area (Å²) in [4.78, 5) is 21.1. The fraction of sp³-hybridized carbons (Fsp3) is 0.250. The van der Waals surface area contributed by atoms with E-state index in [1.54, 1.807) is 4.52 Å². The number of halogens is 2. The van der Waals surface area contributed by atoms with Crippen LogP contribution >= 0.6 is 23.4 Å². The van der Waals surface area contributed by atoms with E-state index in [9.17, 15) is 9.18 Å². The fourth-order valence-electron chi connectivity index (χ4n) is 2.47. The molecule has 0 saturated heterocycles. The van der Waals surface area contributed by atoms with Gasteiger partial charge in [0.2, 0.25) is 11.1 Å². The highest BCUT2D eigenvalue weighted by Gasteiger charge is 2.16. The number of thioether (sulfide) groups is 1. The van der Waals surface area contributed by atoms with Crippen LogP contribution in [0.1, 0.15) is 17.0 Å². The second-order valence-electron chi connectivity index (χ2n) is 5.43. The van der Waals surface area contributed by atoms with E-state index in [1.165, 1.54) is 30.0 Å². The van der Waals surface area contributed by atoms with Crippen LogP contribution in [0.2, 0.25) is 5.02 Å². The molecule has 25 heavy (non-hydrogen) atoms. The molecule has 6 nitrogen and oxygen atoms in total. The minimum atomic E-state index is -0.531. The summed E-state index contributed by atoms with van der Waals surface area (Å²) >= 11 is 7.16. The average Bonchev–Trinajstić information content (AvgIpc) is 2.98. The molecule has 3 rings (SSSR count). The number of hydrogen-bond donors (Lipinski definition) is 1. The Bertz CT molecular complexity index is 975. The third-order valence-corrected chi connectivity index (χ3v) is 4.58. The Hall–Kier alpha value is -2.19. The van der Waals surface area contributed by atoms with Crippen LogP contribution in [0, 0.1) is 19.7 Å². The van der Waals surface area contributed by atoms with Gasteiger partial charge < -0.3 is 5.32 Å². The van der Waals surface area contributed by atoms with Gasteiger partial charge in [0.1, 0.15) is 5.82 Å². The molecule has 0 spiro atoms. The molecule has 0 aliphatic rings. The number of amides is 1. The van der Waals surface area contributed by atoms with E-state index in [2.05, 4.69) is 20.4 Å². The van der Waals surface area contributed by atoms with E-state index in [4.69, 9.17) is 11.6 Å². The first-order valence-electron chi connectivity index (χ1n) is 7.40. The molecule has 0 radical (unpaired) electrons. The van der Waals surface area contributed by atoms with E-state index in [0.29, 0.717) is 16.6 Å². The monoisotopic (exact) mass is 379 g/mol. The molecule has 3 aromatic rings. The smallest absolute Gasteiger partial charge is 0.253 e. The normalized spacial score (nSPS) is 11.1. The van der Waals surface area contributed by atoms with Crippen molar-refractivity contribution in [2.45, 2.75) is 25.4 Å². The summed E-state index contributed by atoms with van der Waals surface area (Å²) in [5.41, 5.74) is 2.74. The van der Waals surface area contributed by atoms with Gasteiger partial charge in [-0.15, -0.1) is 5.10 Å². The summed E-state index contributed by atoms with van der Waals surface area (Å²) < 4.78 is 14.8. The molecule has 1 aromatic carbocycles. The van der Waals surface area contributed by atoms with Crippen molar-refractivity contribution in [1.82, 2.24) is 19.6 Å². The van der Waals surface area contributed by atoms with Gasteiger partial charge >= 0.3 is 0 Å². The molecule has 0 aliphatic carbocycles. The van der Waals surface area contributed by atoms with Crippen molar-refractivity contribution in [3.63, 3.8) is 0 Å². The van der Waals surface area contributed by atoms with Crippen molar-refractivity contribution in [2.24, 2.45) is 0 Å². The van der Waals surface area contributed by atoms with Crippen molar-refractivity contribution in [3.8, 4) is 0 Å². The summed E-state index contributed by atoms with van der Waals surface area (Å²) in [5.74, 6) is -0.272. The van der Waals surface area contributed by atoms with Gasteiger partial charge in [-0.3, -0.25) is 4.79 Å². The zero-order valence-corrected chi connectivity index (χ0v) is 15.4. The zero-order chi connectivity index (χ0) is 18.1. The number of nitrogens with zero attached hydrogens (tertiary/aromatic N) is 4. The molecule has 0 fully saturated rings. The summed E-state index contributed by atoms with van der Waals surface area (Å²) in [7, 11) is 0. The standard InChI is InChI=1S/C16H15ClFN5OS/c1-8-11(9(2)23-15(19-8)21-16(22-23)25-3)7-14(24)20-10-4-5-13(18)12(17)6-10/h4-6H,7H2,1-3H3,(H,20,24). The zero-order valence-electron chi connectivity index (χ0n) is 13.8. The number of carbonyl (C=O) groups excluding carboxylic acids is 1. The SMILES string of the molecule is CSc1nc2nc(C)c(CC(=O)Nc3ccc(F)c(Cl)c3)c(C)n2n1. The molecule has 2 heterocycles. The molecule has 0 atom stereocenters. The second kappa shape index (κ2) is 6.97. The van der Waals surface area contributed by atoms with Gasteiger partial charge in [-0.1, -0.05) is 23.4 Å². The molecular weight excluding hydrogens is 365 g/mol. The van der Waals surface area contributed by atoms with Crippen LogP contribution in [-0.4, -0.2) is 31.7 Å². The number of rotatable bonds is 4. The summed E-state index contributed by atoms with van der Waals surface area (Å²) in [5, 5.41) is 7.65. The number of carbonyl (C=O) groups is 1. The lowest BCUT2D eigenvalue weighted by molar-refractivity contribution is -0.115. The lowest BCUT2D eigenvalue weighted by Crippen LogP contribution is -2.17. The topological polar surface area (TPSA) is 72.2 Å². The maximum atomic E-state index is 13.2. The summed E-state index contributed by atoms with van der Waals surface area (Å²) in [6.45, 7) is 3.70. The van der Waals surface area contributed by atoms with Gasteiger partial charge in [0.05, 0.1) is 11.4 Å². The Morgan fingerprint density at radius 2 is 2.12 bits per heavy atom. The Morgan fingerprint density at radius 1 is 1.36 bits per heavy atom.